The quantitative estimate of drug-likeness (QED) is 0.560. The van der Waals surface area contributed by atoms with Crippen molar-refractivity contribution in [1.29, 1.82) is 5.26 Å². The molecule has 2 aromatic rings. The third-order valence-electron chi connectivity index (χ3n) is 7.77. The Hall–Kier alpha value is -3.24. The fourth-order valence-electron chi connectivity index (χ4n) is 6.02. The summed E-state index contributed by atoms with van der Waals surface area (Å²) in [6.45, 7) is 9.68. The summed E-state index contributed by atoms with van der Waals surface area (Å²) in [6, 6.07) is 14.5. The van der Waals surface area contributed by atoms with Gasteiger partial charge in [-0.05, 0) is 49.2 Å². The van der Waals surface area contributed by atoms with E-state index >= 15 is 0 Å². The molecule has 7 nitrogen and oxygen atoms in total. The number of amides is 1. The number of ether oxygens (including phenoxy) is 1. The van der Waals surface area contributed by atoms with Crippen LogP contribution in [-0.2, 0) is 4.79 Å². The van der Waals surface area contributed by atoms with Crippen molar-refractivity contribution < 1.29 is 19.4 Å². The number of halogens is 1. The van der Waals surface area contributed by atoms with E-state index in [4.69, 9.17) is 21.6 Å². The van der Waals surface area contributed by atoms with E-state index in [0.717, 1.165) is 5.69 Å². The number of aliphatic carboxylic acids is 1. The maximum atomic E-state index is 13.1. The van der Waals surface area contributed by atoms with Gasteiger partial charge in [0.1, 0.15) is 17.9 Å². The number of hydrogen-bond donors (Lipinski definition) is 2. The largest absolute Gasteiger partial charge is 0.489 e. The summed E-state index contributed by atoms with van der Waals surface area (Å²) in [6.07, 6.45) is 1.08. The van der Waals surface area contributed by atoms with Crippen molar-refractivity contribution in [2.24, 2.45) is 16.7 Å². The van der Waals surface area contributed by atoms with Gasteiger partial charge in [0.2, 0.25) is 0 Å². The van der Waals surface area contributed by atoms with Gasteiger partial charge < -0.3 is 20.1 Å². The molecule has 0 atom stereocenters. The zero-order chi connectivity index (χ0) is 26.3. The molecule has 2 aromatic carbocycles. The van der Waals surface area contributed by atoms with Gasteiger partial charge in [0, 0.05) is 47.3 Å². The lowest BCUT2D eigenvalue weighted by molar-refractivity contribution is -0.164. The van der Waals surface area contributed by atoms with Gasteiger partial charge in [-0.1, -0.05) is 39.3 Å². The van der Waals surface area contributed by atoms with E-state index in [0.29, 0.717) is 47.8 Å². The lowest BCUT2D eigenvalue weighted by Gasteiger charge is -2.63. The highest BCUT2D eigenvalue weighted by Gasteiger charge is 2.64. The number of hydrogen-bond acceptors (Lipinski definition) is 5. The average molecular weight is 510 g/mol. The molecule has 1 heterocycles. The van der Waals surface area contributed by atoms with Crippen molar-refractivity contribution in [1.82, 2.24) is 5.32 Å². The first-order valence-electron chi connectivity index (χ1n) is 12.2. The second-order valence-electron chi connectivity index (χ2n) is 10.9. The summed E-state index contributed by atoms with van der Waals surface area (Å²) >= 11 is 6.18. The molecule has 8 heteroatoms. The van der Waals surface area contributed by atoms with E-state index in [-0.39, 0.29) is 34.8 Å². The van der Waals surface area contributed by atoms with Gasteiger partial charge in [-0.3, -0.25) is 9.59 Å². The maximum absolute atomic E-state index is 13.1. The standard InChI is InChI=1S/C28H32ClN3O4/c1-27(2)25(28(3,4)26(27)36-21-10-7-19(16-30)22(29)15-21)31-23(33)17-5-8-20(9-6-17)32-13-11-18(12-14-32)24(34)35/h5-10,15,18,25-26H,11-14H2,1-4H3,(H,31,33)(H,34,35)/t25-,26-. The number of piperidine rings is 1. The number of nitrogens with one attached hydrogen (secondary N) is 1. The molecule has 1 saturated heterocycles. The molecule has 0 aromatic heterocycles. The molecule has 2 fully saturated rings. The van der Waals surface area contributed by atoms with Crippen molar-refractivity contribution in [3.05, 3.63) is 58.6 Å². The molecule has 0 radical (unpaired) electrons. The van der Waals surface area contributed by atoms with Crippen LogP contribution in [0.3, 0.4) is 0 Å². The zero-order valence-corrected chi connectivity index (χ0v) is 21.8. The monoisotopic (exact) mass is 509 g/mol. The van der Waals surface area contributed by atoms with Crippen LogP contribution in [0.4, 0.5) is 5.69 Å². The summed E-state index contributed by atoms with van der Waals surface area (Å²) in [5.74, 6) is -0.547. The van der Waals surface area contributed by atoms with Gasteiger partial charge in [-0.2, -0.15) is 5.26 Å². The highest BCUT2D eigenvalue weighted by Crippen LogP contribution is 2.55. The smallest absolute Gasteiger partial charge is 0.306 e. The van der Waals surface area contributed by atoms with Crippen LogP contribution in [0.1, 0.15) is 56.5 Å². The molecule has 1 aliphatic heterocycles. The topological polar surface area (TPSA) is 103 Å². The van der Waals surface area contributed by atoms with Crippen LogP contribution >= 0.6 is 11.6 Å². The lowest BCUT2D eigenvalue weighted by atomic mass is 9.49. The van der Waals surface area contributed by atoms with Crippen LogP contribution in [0, 0.1) is 28.1 Å². The number of carbonyl (C=O) groups is 2. The summed E-state index contributed by atoms with van der Waals surface area (Å²) < 4.78 is 6.30. The van der Waals surface area contributed by atoms with Crippen molar-refractivity contribution in [3.8, 4) is 11.8 Å². The summed E-state index contributed by atoms with van der Waals surface area (Å²) in [5.41, 5.74) is 1.29. The summed E-state index contributed by atoms with van der Waals surface area (Å²) in [4.78, 5) is 26.5. The van der Waals surface area contributed by atoms with Gasteiger partial charge in [-0.15, -0.1) is 0 Å². The molecule has 0 spiro atoms. The van der Waals surface area contributed by atoms with Crippen molar-refractivity contribution >= 4 is 29.2 Å². The molecule has 0 unspecified atom stereocenters. The number of carboxylic acid groups (broad SMARTS) is 1. The van der Waals surface area contributed by atoms with E-state index < -0.39 is 5.97 Å². The third-order valence-corrected chi connectivity index (χ3v) is 8.08. The number of anilines is 1. The first kappa shape index (κ1) is 25.8. The highest BCUT2D eigenvalue weighted by molar-refractivity contribution is 6.31. The Morgan fingerprint density at radius 2 is 1.69 bits per heavy atom. The molecule has 36 heavy (non-hydrogen) atoms. The molecule has 2 N–H and O–H groups in total. The molecule has 190 valence electrons. The van der Waals surface area contributed by atoms with E-state index in [9.17, 15) is 14.7 Å². The van der Waals surface area contributed by atoms with E-state index in [1.807, 2.05) is 30.3 Å². The van der Waals surface area contributed by atoms with Crippen LogP contribution in [0.25, 0.3) is 0 Å². The van der Waals surface area contributed by atoms with E-state index in [2.05, 4.69) is 37.9 Å². The molecule has 1 aliphatic carbocycles. The summed E-state index contributed by atoms with van der Waals surface area (Å²) in [7, 11) is 0. The van der Waals surface area contributed by atoms with Crippen molar-refractivity contribution in [2.45, 2.75) is 52.7 Å². The normalized spacial score (nSPS) is 22.7. The fourth-order valence-corrected chi connectivity index (χ4v) is 6.23. The Kier molecular flexibility index (Phi) is 6.94. The number of benzene rings is 2. The lowest BCUT2D eigenvalue weighted by Crippen LogP contribution is -2.74. The molecular weight excluding hydrogens is 478 g/mol. The Morgan fingerprint density at radius 1 is 1.08 bits per heavy atom. The molecule has 1 amide bonds. The number of nitrogens with zero attached hydrogens (tertiary/aromatic N) is 2. The Bertz CT molecular complexity index is 1180. The van der Waals surface area contributed by atoms with Crippen molar-refractivity contribution in [3.63, 3.8) is 0 Å². The number of nitriles is 1. The van der Waals surface area contributed by atoms with Gasteiger partial charge >= 0.3 is 5.97 Å². The molecule has 0 bridgehead atoms. The Labute approximate surface area is 217 Å². The van der Waals surface area contributed by atoms with Crippen LogP contribution in [0.15, 0.2) is 42.5 Å². The minimum atomic E-state index is -0.725. The first-order valence-corrected chi connectivity index (χ1v) is 12.6. The fraction of sp³-hybridized carbons (Fsp3) is 0.464. The van der Waals surface area contributed by atoms with Gasteiger partial charge in [-0.25, -0.2) is 0 Å². The highest BCUT2D eigenvalue weighted by atomic mass is 35.5. The van der Waals surface area contributed by atoms with Gasteiger partial charge in [0.15, 0.2) is 0 Å². The second kappa shape index (κ2) is 9.67. The Balaban J connectivity index is 1.40. The number of carbonyl (C=O) groups excluding carboxylic acids is 1. The minimum absolute atomic E-state index is 0.119. The third kappa shape index (κ3) is 4.75. The molecule has 1 saturated carbocycles. The average Bonchev–Trinajstić information content (AvgIpc) is 2.85. The van der Waals surface area contributed by atoms with Gasteiger partial charge in [0.25, 0.3) is 5.91 Å². The van der Waals surface area contributed by atoms with E-state index in [1.165, 1.54) is 0 Å². The number of carboxylic acids is 1. The molecular formula is C28H32ClN3O4. The van der Waals surface area contributed by atoms with Crippen molar-refractivity contribution in [2.75, 3.05) is 18.0 Å². The predicted octanol–water partition coefficient (Wildman–Crippen LogP) is 5.12. The van der Waals surface area contributed by atoms with Crippen LogP contribution in [-0.4, -0.2) is 42.2 Å². The SMILES string of the molecule is CC1(C)[C@H](NC(=O)c2ccc(N3CCC(C(=O)O)CC3)cc2)C(C)(C)[C@H]1Oc1ccc(C#N)c(Cl)c1. The zero-order valence-electron chi connectivity index (χ0n) is 21.0. The van der Waals surface area contributed by atoms with Crippen LogP contribution in [0.5, 0.6) is 5.75 Å². The minimum Gasteiger partial charge on any atom is -0.489 e. The molecule has 2 aliphatic rings. The summed E-state index contributed by atoms with van der Waals surface area (Å²) in [5, 5.41) is 21.9. The molecule has 4 rings (SSSR count). The second-order valence-corrected chi connectivity index (χ2v) is 11.4. The van der Waals surface area contributed by atoms with E-state index in [1.54, 1.807) is 18.2 Å². The Morgan fingerprint density at radius 3 is 2.22 bits per heavy atom. The first-order chi connectivity index (χ1) is 16.9. The number of rotatable bonds is 6. The maximum Gasteiger partial charge on any atom is 0.306 e. The van der Waals surface area contributed by atoms with Gasteiger partial charge in [0.05, 0.1) is 16.5 Å². The van der Waals surface area contributed by atoms with Crippen LogP contribution in [0.2, 0.25) is 5.02 Å². The predicted molar refractivity (Wildman–Crippen MR) is 138 cm³/mol. The van der Waals surface area contributed by atoms with Crippen LogP contribution < -0.4 is 15.0 Å².